The van der Waals surface area contributed by atoms with E-state index in [1.54, 1.807) is 6.08 Å². The van der Waals surface area contributed by atoms with Crippen LogP contribution in [0.1, 0.15) is 73.1 Å². The van der Waals surface area contributed by atoms with E-state index in [0.29, 0.717) is 6.42 Å². The normalized spacial score (nSPS) is 46.2. The van der Waals surface area contributed by atoms with E-state index in [2.05, 4.69) is 34.3 Å². The van der Waals surface area contributed by atoms with Gasteiger partial charge in [0.15, 0.2) is 5.78 Å². The number of hydrogen-bond donors (Lipinski definition) is 1. The minimum atomic E-state index is -0.618. The first-order valence-electron chi connectivity index (χ1n) is 9.12. The van der Waals surface area contributed by atoms with Crippen molar-refractivity contribution >= 4 is 5.78 Å². The lowest BCUT2D eigenvalue weighted by molar-refractivity contribution is -0.133. The average molecular weight is 316 g/mol. The molecule has 0 aromatic rings. The Labute approximate surface area is 141 Å². The van der Waals surface area contributed by atoms with E-state index in [1.807, 2.05) is 6.92 Å². The summed E-state index contributed by atoms with van der Waals surface area (Å²) in [7, 11) is 0. The highest BCUT2D eigenvalue weighted by Gasteiger charge is 2.62. The predicted molar refractivity (Wildman–Crippen MR) is 94.0 cm³/mol. The van der Waals surface area contributed by atoms with Crippen LogP contribution in [0.5, 0.6) is 0 Å². The van der Waals surface area contributed by atoms with Gasteiger partial charge in [-0.15, -0.1) is 6.58 Å². The molecule has 4 atom stereocenters. The monoisotopic (exact) mass is 316 g/mol. The van der Waals surface area contributed by atoms with Crippen molar-refractivity contribution in [3.63, 3.8) is 0 Å². The fraction of sp³-hybridized carbons (Fsp3) is 0.762. The number of fused-ring (bicyclic) bond motifs is 2. The maximum Gasteiger partial charge on any atom is 0.171 e. The number of hydrogen-bond acceptors (Lipinski definition) is 2. The third-order valence-corrected chi connectivity index (χ3v) is 8.22. The number of ketones is 1. The van der Waals surface area contributed by atoms with Gasteiger partial charge in [0, 0.05) is 11.0 Å². The molecule has 128 valence electrons. The van der Waals surface area contributed by atoms with Crippen LogP contribution in [0.3, 0.4) is 0 Å². The summed E-state index contributed by atoms with van der Waals surface area (Å²) < 4.78 is 0. The summed E-state index contributed by atoms with van der Waals surface area (Å²) in [4.78, 5) is 13.1. The molecule has 4 unspecified atom stereocenters. The zero-order valence-corrected chi connectivity index (χ0v) is 15.5. The van der Waals surface area contributed by atoms with Gasteiger partial charge in [-0.25, -0.2) is 0 Å². The number of aliphatic hydroxyl groups is 1. The Kier molecular flexibility index (Phi) is 3.55. The molecule has 0 amide bonds. The second kappa shape index (κ2) is 4.81. The molecule has 0 aromatic heterocycles. The Morgan fingerprint density at radius 1 is 1.13 bits per heavy atom. The van der Waals surface area contributed by atoms with E-state index in [-0.39, 0.29) is 22.0 Å². The second-order valence-electron chi connectivity index (χ2n) is 9.46. The number of carbonyl (C=O) groups is 1. The molecular formula is C21H32O2. The van der Waals surface area contributed by atoms with Crippen LogP contribution in [0.15, 0.2) is 23.8 Å². The maximum atomic E-state index is 13.1. The molecule has 0 aromatic carbocycles. The summed E-state index contributed by atoms with van der Waals surface area (Å²) in [6.07, 6.45) is 7.16. The summed E-state index contributed by atoms with van der Waals surface area (Å²) >= 11 is 0. The standard InChI is InChI=1S/C21H32O2/c1-7-19(4)12-9-14-16(17(19)23)15(22)13-21(6)18(2,3)10-8-11-20(14,21)5/h7,15,22H,1,8-13H2,2-6H3. The summed E-state index contributed by atoms with van der Waals surface area (Å²) in [5.74, 6) is 0.118. The van der Waals surface area contributed by atoms with E-state index in [9.17, 15) is 9.90 Å². The van der Waals surface area contributed by atoms with Crippen LogP contribution in [-0.2, 0) is 4.79 Å². The molecule has 2 heteroatoms. The van der Waals surface area contributed by atoms with Gasteiger partial charge in [-0.05, 0) is 55.3 Å². The van der Waals surface area contributed by atoms with Crippen LogP contribution in [0.2, 0.25) is 0 Å². The van der Waals surface area contributed by atoms with Gasteiger partial charge in [0.25, 0.3) is 0 Å². The number of carbonyl (C=O) groups excluding carboxylic acids is 1. The Balaban J connectivity index is 2.20. The van der Waals surface area contributed by atoms with Crippen molar-refractivity contribution in [1.82, 2.24) is 0 Å². The second-order valence-corrected chi connectivity index (χ2v) is 9.46. The molecule has 3 aliphatic rings. The molecule has 3 rings (SSSR count). The summed E-state index contributed by atoms with van der Waals surface area (Å²) in [5, 5.41) is 10.9. The highest BCUT2D eigenvalue weighted by atomic mass is 16.3. The zero-order chi connectivity index (χ0) is 17.3. The molecule has 2 nitrogen and oxygen atoms in total. The smallest absolute Gasteiger partial charge is 0.171 e. The molecule has 1 fully saturated rings. The lowest BCUT2D eigenvalue weighted by Crippen LogP contribution is -2.58. The Bertz CT molecular complexity index is 599. The fourth-order valence-electron chi connectivity index (χ4n) is 5.85. The van der Waals surface area contributed by atoms with Gasteiger partial charge in [0.2, 0.25) is 0 Å². The molecule has 3 aliphatic carbocycles. The number of allylic oxidation sites excluding steroid dienone is 2. The molecule has 0 aliphatic heterocycles. The summed E-state index contributed by atoms with van der Waals surface area (Å²) in [6.45, 7) is 15.3. The van der Waals surface area contributed by atoms with Gasteiger partial charge in [-0.1, -0.05) is 45.8 Å². The Morgan fingerprint density at radius 3 is 2.39 bits per heavy atom. The first-order valence-corrected chi connectivity index (χ1v) is 9.12. The van der Waals surface area contributed by atoms with Crippen molar-refractivity contribution < 1.29 is 9.90 Å². The highest BCUT2D eigenvalue weighted by molar-refractivity contribution is 6.03. The van der Waals surface area contributed by atoms with Crippen molar-refractivity contribution in [3.05, 3.63) is 23.8 Å². The SMILES string of the molecule is C=CC1(C)CCC2=C(C1=O)C(O)CC1(C)C(C)(C)CCCC21C. The van der Waals surface area contributed by atoms with Crippen molar-refractivity contribution in [3.8, 4) is 0 Å². The molecule has 0 spiro atoms. The number of aliphatic hydroxyl groups excluding tert-OH is 1. The molecule has 1 N–H and O–H groups in total. The summed E-state index contributed by atoms with van der Waals surface area (Å²) in [6, 6.07) is 0. The minimum absolute atomic E-state index is 0.0292. The van der Waals surface area contributed by atoms with E-state index in [4.69, 9.17) is 0 Å². The van der Waals surface area contributed by atoms with E-state index < -0.39 is 11.5 Å². The van der Waals surface area contributed by atoms with Gasteiger partial charge in [0.1, 0.15) is 0 Å². The van der Waals surface area contributed by atoms with Gasteiger partial charge in [-0.2, -0.15) is 0 Å². The fourth-order valence-corrected chi connectivity index (χ4v) is 5.85. The van der Waals surface area contributed by atoms with Gasteiger partial charge in [0.05, 0.1) is 6.10 Å². The molecule has 23 heavy (non-hydrogen) atoms. The van der Waals surface area contributed by atoms with Gasteiger partial charge in [-0.3, -0.25) is 4.79 Å². The van der Waals surface area contributed by atoms with Crippen LogP contribution < -0.4 is 0 Å². The van der Waals surface area contributed by atoms with Crippen molar-refractivity contribution in [2.45, 2.75) is 79.2 Å². The van der Waals surface area contributed by atoms with E-state index in [0.717, 1.165) is 24.8 Å². The zero-order valence-electron chi connectivity index (χ0n) is 15.5. The lowest BCUT2D eigenvalue weighted by atomic mass is 9.40. The van der Waals surface area contributed by atoms with Gasteiger partial charge < -0.3 is 5.11 Å². The van der Waals surface area contributed by atoms with E-state index >= 15 is 0 Å². The molecule has 0 radical (unpaired) electrons. The van der Waals surface area contributed by atoms with Crippen LogP contribution in [0, 0.1) is 21.7 Å². The average Bonchev–Trinajstić information content (AvgIpc) is 2.46. The van der Waals surface area contributed by atoms with Crippen LogP contribution in [-0.4, -0.2) is 17.0 Å². The van der Waals surface area contributed by atoms with Crippen molar-refractivity contribution in [2.75, 3.05) is 0 Å². The molecule has 0 bridgehead atoms. The third kappa shape index (κ3) is 1.94. The maximum absolute atomic E-state index is 13.1. The Morgan fingerprint density at radius 2 is 1.78 bits per heavy atom. The first-order chi connectivity index (χ1) is 10.5. The molecule has 1 saturated carbocycles. The van der Waals surface area contributed by atoms with Crippen LogP contribution in [0.25, 0.3) is 0 Å². The summed E-state index contributed by atoms with van der Waals surface area (Å²) in [5.41, 5.74) is 1.74. The quantitative estimate of drug-likeness (QED) is 0.704. The third-order valence-electron chi connectivity index (χ3n) is 8.22. The Hall–Kier alpha value is -0.890. The molecule has 0 saturated heterocycles. The molecular weight excluding hydrogens is 284 g/mol. The van der Waals surface area contributed by atoms with E-state index in [1.165, 1.54) is 18.4 Å². The predicted octanol–water partition coefficient (Wildman–Crippen LogP) is 4.83. The van der Waals surface area contributed by atoms with Crippen LogP contribution in [0.4, 0.5) is 0 Å². The lowest BCUT2D eigenvalue weighted by Gasteiger charge is -2.64. The first kappa shape index (κ1) is 17.0. The molecule has 0 heterocycles. The highest BCUT2D eigenvalue weighted by Crippen LogP contribution is 2.69. The van der Waals surface area contributed by atoms with Crippen LogP contribution >= 0.6 is 0 Å². The van der Waals surface area contributed by atoms with Crippen molar-refractivity contribution in [1.29, 1.82) is 0 Å². The number of rotatable bonds is 1. The minimum Gasteiger partial charge on any atom is -0.388 e. The van der Waals surface area contributed by atoms with Gasteiger partial charge >= 0.3 is 0 Å². The number of Topliss-reactive ketones (excluding diaryl/α,β-unsaturated/α-hetero) is 1. The topological polar surface area (TPSA) is 37.3 Å². The largest absolute Gasteiger partial charge is 0.388 e. The van der Waals surface area contributed by atoms with Crippen molar-refractivity contribution in [2.24, 2.45) is 21.7 Å².